The SMILES string of the molecule is CCOC(=O)CO/N=C(/C(=O)N1CCC(c2nc(-c3ccc(Cl)c(Cl)c3)cs2)CC1)c1ccn[nH]1. The van der Waals surface area contributed by atoms with E-state index >= 15 is 0 Å². The van der Waals surface area contributed by atoms with Crippen molar-refractivity contribution in [1.82, 2.24) is 20.1 Å². The predicted octanol–water partition coefficient (Wildman–Crippen LogP) is 4.53. The minimum absolute atomic E-state index is 0.0569. The molecule has 3 heterocycles. The van der Waals surface area contributed by atoms with Gasteiger partial charge in [-0.05, 0) is 38.0 Å². The van der Waals surface area contributed by atoms with Gasteiger partial charge in [-0.1, -0.05) is 34.4 Å². The Labute approximate surface area is 216 Å². The van der Waals surface area contributed by atoms with Gasteiger partial charge in [0.05, 0.1) is 33.0 Å². The first kappa shape index (κ1) is 25.2. The Morgan fingerprint density at radius 1 is 1.23 bits per heavy atom. The number of aromatic amines is 1. The molecule has 184 valence electrons. The van der Waals surface area contributed by atoms with Gasteiger partial charge in [-0.2, -0.15) is 5.10 Å². The molecule has 2 aromatic heterocycles. The summed E-state index contributed by atoms with van der Waals surface area (Å²) < 4.78 is 4.82. The van der Waals surface area contributed by atoms with Gasteiger partial charge in [0.1, 0.15) is 0 Å². The van der Waals surface area contributed by atoms with E-state index in [0.29, 0.717) is 28.8 Å². The van der Waals surface area contributed by atoms with Crippen molar-refractivity contribution in [3.05, 3.63) is 56.6 Å². The molecule has 0 spiro atoms. The lowest BCUT2D eigenvalue weighted by molar-refractivity contribution is -0.148. The summed E-state index contributed by atoms with van der Waals surface area (Å²) in [6.45, 7) is 2.63. The zero-order chi connectivity index (χ0) is 24.8. The number of hydrogen-bond donors (Lipinski definition) is 1. The van der Waals surface area contributed by atoms with Crippen molar-refractivity contribution in [1.29, 1.82) is 0 Å². The molecule has 1 aliphatic heterocycles. The summed E-state index contributed by atoms with van der Waals surface area (Å²) in [6, 6.07) is 7.09. The zero-order valence-corrected chi connectivity index (χ0v) is 21.2. The molecule has 1 N–H and O–H groups in total. The summed E-state index contributed by atoms with van der Waals surface area (Å²) in [5.41, 5.74) is 2.24. The van der Waals surface area contributed by atoms with Crippen LogP contribution in [-0.4, -0.2) is 64.0 Å². The highest BCUT2D eigenvalue weighted by Crippen LogP contribution is 2.34. The molecular weight excluding hydrogens is 513 g/mol. The number of H-pyrrole nitrogens is 1. The highest BCUT2D eigenvalue weighted by molar-refractivity contribution is 7.10. The quantitative estimate of drug-likeness (QED) is 0.257. The van der Waals surface area contributed by atoms with Crippen LogP contribution in [0.25, 0.3) is 11.3 Å². The van der Waals surface area contributed by atoms with E-state index in [-0.39, 0.29) is 30.8 Å². The van der Waals surface area contributed by atoms with Crippen molar-refractivity contribution in [2.24, 2.45) is 5.16 Å². The van der Waals surface area contributed by atoms with Gasteiger partial charge in [0.2, 0.25) is 6.61 Å². The standard InChI is InChI=1S/C23H23Cl2N5O4S/c1-2-33-20(31)12-34-29-21(18-5-8-26-28-18)23(32)30-9-6-14(7-10-30)22-27-19(13-35-22)15-3-4-16(24)17(25)11-15/h3-5,8,11,13-14H,2,6-7,9-10,12H2,1H3,(H,26,28)/b29-21+. The molecule has 1 amide bonds. The van der Waals surface area contributed by atoms with Gasteiger partial charge in [0.15, 0.2) is 5.71 Å². The van der Waals surface area contributed by atoms with Crippen LogP contribution in [0.4, 0.5) is 0 Å². The summed E-state index contributed by atoms with van der Waals surface area (Å²) in [7, 11) is 0. The molecule has 9 nitrogen and oxygen atoms in total. The Morgan fingerprint density at radius 3 is 2.71 bits per heavy atom. The molecule has 0 saturated carbocycles. The summed E-state index contributed by atoms with van der Waals surface area (Å²) in [5.74, 6) is -0.613. The monoisotopic (exact) mass is 535 g/mol. The molecule has 0 unspecified atom stereocenters. The number of ether oxygens (including phenoxy) is 1. The normalized spacial score (nSPS) is 14.7. The highest BCUT2D eigenvalue weighted by atomic mass is 35.5. The Bertz CT molecular complexity index is 1210. The summed E-state index contributed by atoms with van der Waals surface area (Å²) in [5, 5.41) is 14.6. The lowest BCUT2D eigenvalue weighted by atomic mass is 9.97. The topological polar surface area (TPSA) is 110 Å². The zero-order valence-electron chi connectivity index (χ0n) is 18.9. The van der Waals surface area contributed by atoms with Gasteiger partial charge < -0.3 is 14.5 Å². The Kier molecular flexibility index (Phi) is 8.37. The number of nitrogens with one attached hydrogen (secondary N) is 1. The first-order valence-electron chi connectivity index (χ1n) is 11.0. The average molecular weight is 536 g/mol. The van der Waals surface area contributed by atoms with E-state index < -0.39 is 5.97 Å². The van der Waals surface area contributed by atoms with Gasteiger partial charge in [0.25, 0.3) is 5.91 Å². The Hall–Kier alpha value is -2.95. The molecule has 4 rings (SSSR count). The van der Waals surface area contributed by atoms with Crippen LogP contribution in [0.1, 0.15) is 36.4 Å². The molecule has 1 fully saturated rings. The fourth-order valence-corrected chi connectivity index (χ4v) is 4.98. The molecule has 1 saturated heterocycles. The van der Waals surface area contributed by atoms with Crippen molar-refractivity contribution < 1.29 is 19.2 Å². The second-order valence-corrected chi connectivity index (χ2v) is 9.46. The number of esters is 1. The maximum Gasteiger partial charge on any atom is 0.347 e. The average Bonchev–Trinajstić information content (AvgIpc) is 3.56. The van der Waals surface area contributed by atoms with Crippen molar-refractivity contribution >= 4 is 52.1 Å². The minimum atomic E-state index is -0.558. The second kappa shape index (κ2) is 11.7. The van der Waals surface area contributed by atoms with E-state index in [9.17, 15) is 9.59 Å². The lowest BCUT2D eigenvalue weighted by Crippen LogP contribution is -2.42. The van der Waals surface area contributed by atoms with Crippen molar-refractivity contribution in [3.8, 4) is 11.3 Å². The fraction of sp³-hybridized carbons (Fsp3) is 0.348. The highest BCUT2D eigenvalue weighted by Gasteiger charge is 2.29. The van der Waals surface area contributed by atoms with Crippen LogP contribution in [0.3, 0.4) is 0 Å². The predicted molar refractivity (Wildman–Crippen MR) is 134 cm³/mol. The number of carbonyl (C=O) groups excluding carboxylic acids is 2. The third kappa shape index (κ3) is 6.19. The first-order chi connectivity index (χ1) is 17.0. The number of benzene rings is 1. The van der Waals surface area contributed by atoms with E-state index in [4.69, 9.17) is 37.8 Å². The summed E-state index contributed by atoms with van der Waals surface area (Å²) >= 11 is 13.8. The van der Waals surface area contributed by atoms with Gasteiger partial charge in [-0.3, -0.25) is 9.89 Å². The molecular formula is C23H23Cl2N5O4S. The van der Waals surface area contributed by atoms with E-state index in [0.717, 1.165) is 29.1 Å². The van der Waals surface area contributed by atoms with Crippen LogP contribution >= 0.6 is 34.5 Å². The number of aromatic nitrogens is 3. The maximum atomic E-state index is 13.2. The summed E-state index contributed by atoms with van der Waals surface area (Å²) in [4.78, 5) is 36.3. The number of rotatable bonds is 8. The van der Waals surface area contributed by atoms with Crippen molar-refractivity contribution in [2.45, 2.75) is 25.7 Å². The molecule has 3 aromatic rings. The van der Waals surface area contributed by atoms with E-state index in [1.54, 1.807) is 35.3 Å². The maximum absolute atomic E-state index is 13.2. The molecule has 0 atom stereocenters. The number of amides is 1. The fourth-order valence-electron chi connectivity index (χ4n) is 3.69. The molecule has 0 bridgehead atoms. The van der Waals surface area contributed by atoms with Crippen LogP contribution in [0.15, 0.2) is 41.0 Å². The lowest BCUT2D eigenvalue weighted by Gasteiger charge is -2.31. The Morgan fingerprint density at radius 2 is 2.03 bits per heavy atom. The van der Waals surface area contributed by atoms with E-state index in [1.165, 1.54) is 6.20 Å². The molecule has 0 aliphatic carbocycles. The van der Waals surface area contributed by atoms with Crippen LogP contribution in [0, 0.1) is 0 Å². The van der Waals surface area contributed by atoms with Crippen LogP contribution in [-0.2, 0) is 19.2 Å². The van der Waals surface area contributed by atoms with Crippen molar-refractivity contribution in [3.63, 3.8) is 0 Å². The molecule has 1 aliphatic rings. The van der Waals surface area contributed by atoms with E-state index in [1.807, 2.05) is 17.5 Å². The van der Waals surface area contributed by atoms with Crippen molar-refractivity contribution in [2.75, 3.05) is 26.3 Å². The van der Waals surface area contributed by atoms with Gasteiger partial charge in [0, 0.05) is 36.1 Å². The number of piperidine rings is 1. The minimum Gasteiger partial charge on any atom is -0.463 e. The number of hydrogen-bond acceptors (Lipinski definition) is 8. The number of halogens is 2. The number of likely N-dealkylation sites (tertiary alicyclic amines) is 1. The molecule has 1 aromatic carbocycles. The number of oxime groups is 1. The first-order valence-corrected chi connectivity index (χ1v) is 12.6. The Balaban J connectivity index is 1.39. The third-order valence-corrected chi connectivity index (χ3v) is 7.22. The second-order valence-electron chi connectivity index (χ2n) is 7.76. The van der Waals surface area contributed by atoms with Crippen LogP contribution in [0.2, 0.25) is 10.0 Å². The summed E-state index contributed by atoms with van der Waals surface area (Å²) in [6.07, 6.45) is 3.05. The van der Waals surface area contributed by atoms with Crippen LogP contribution < -0.4 is 0 Å². The van der Waals surface area contributed by atoms with E-state index in [2.05, 4.69) is 15.4 Å². The van der Waals surface area contributed by atoms with Gasteiger partial charge in [-0.25, -0.2) is 9.78 Å². The number of carbonyl (C=O) groups is 2. The van der Waals surface area contributed by atoms with Gasteiger partial charge in [-0.15, -0.1) is 11.3 Å². The largest absolute Gasteiger partial charge is 0.463 e. The third-order valence-electron chi connectivity index (χ3n) is 5.47. The van der Waals surface area contributed by atoms with Gasteiger partial charge >= 0.3 is 5.97 Å². The number of nitrogens with zero attached hydrogens (tertiary/aromatic N) is 4. The molecule has 0 radical (unpaired) electrons. The smallest absolute Gasteiger partial charge is 0.347 e. The molecule has 12 heteroatoms. The van der Waals surface area contributed by atoms with Crippen LogP contribution in [0.5, 0.6) is 0 Å². The number of thiazole rings is 1. The molecule has 35 heavy (non-hydrogen) atoms.